The third kappa shape index (κ3) is 4.91. The van der Waals surface area contributed by atoms with Crippen LogP contribution in [-0.2, 0) is 13.1 Å². The van der Waals surface area contributed by atoms with Gasteiger partial charge in [0.15, 0.2) is 5.96 Å². The summed E-state index contributed by atoms with van der Waals surface area (Å²) in [6, 6.07) is 14.3. The molecule has 0 saturated carbocycles. The van der Waals surface area contributed by atoms with Gasteiger partial charge in [-0.1, -0.05) is 36.4 Å². The Labute approximate surface area is 126 Å². The van der Waals surface area contributed by atoms with Crippen molar-refractivity contribution in [2.24, 2.45) is 4.99 Å². The summed E-state index contributed by atoms with van der Waals surface area (Å²) in [5, 5.41) is 6.58. The lowest BCUT2D eigenvalue weighted by molar-refractivity contribution is 0.794. The molecule has 1 heterocycles. The summed E-state index contributed by atoms with van der Waals surface area (Å²) in [6.45, 7) is 6.30. The normalized spacial score (nSPS) is 11.2. The van der Waals surface area contributed by atoms with E-state index in [0.717, 1.165) is 18.2 Å². The number of hydrogen-bond acceptors (Lipinski definition) is 2. The number of guanidine groups is 1. The van der Waals surface area contributed by atoms with E-state index in [2.05, 4.69) is 52.7 Å². The van der Waals surface area contributed by atoms with Crippen molar-refractivity contribution in [3.05, 3.63) is 65.5 Å². The van der Waals surface area contributed by atoms with Gasteiger partial charge in [-0.2, -0.15) is 0 Å². The van der Waals surface area contributed by atoms with Crippen molar-refractivity contribution in [1.29, 1.82) is 0 Å². The molecule has 0 unspecified atom stereocenters. The number of nitrogens with zero attached hydrogens (tertiary/aromatic N) is 2. The van der Waals surface area contributed by atoms with Gasteiger partial charge < -0.3 is 10.6 Å². The Morgan fingerprint density at radius 2 is 1.90 bits per heavy atom. The summed E-state index contributed by atoms with van der Waals surface area (Å²) in [4.78, 5) is 8.98. The van der Waals surface area contributed by atoms with E-state index in [4.69, 9.17) is 0 Å². The first-order valence-electron chi connectivity index (χ1n) is 7.26. The van der Waals surface area contributed by atoms with Crippen molar-refractivity contribution in [2.45, 2.75) is 26.9 Å². The molecule has 2 aromatic rings. The smallest absolute Gasteiger partial charge is 0.191 e. The number of pyridine rings is 1. The van der Waals surface area contributed by atoms with Gasteiger partial charge in [-0.25, -0.2) is 4.99 Å². The predicted molar refractivity (Wildman–Crippen MR) is 87.1 cm³/mol. The number of aliphatic imine (C=N–C) groups is 1. The predicted octanol–water partition coefficient (Wildman–Crippen LogP) is 2.65. The minimum absolute atomic E-state index is 0.664. The van der Waals surface area contributed by atoms with Crippen molar-refractivity contribution in [3.8, 4) is 0 Å². The first-order valence-corrected chi connectivity index (χ1v) is 7.26. The molecule has 0 spiro atoms. The van der Waals surface area contributed by atoms with Gasteiger partial charge in [0, 0.05) is 12.7 Å². The van der Waals surface area contributed by atoms with Crippen LogP contribution < -0.4 is 10.6 Å². The Morgan fingerprint density at radius 3 is 2.62 bits per heavy atom. The van der Waals surface area contributed by atoms with E-state index in [1.54, 1.807) is 0 Å². The molecule has 0 amide bonds. The van der Waals surface area contributed by atoms with Gasteiger partial charge in [-0.3, -0.25) is 4.98 Å². The minimum atomic E-state index is 0.664. The molecule has 0 fully saturated rings. The number of benzene rings is 1. The molecule has 0 radical (unpaired) electrons. The Bertz CT molecular complexity index is 578. The van der Waals surface area contributed by atoms with Crippen LogP contribution in [0.1, 0.15) is 23.7 Å². The van der Waals surface area contributed by atoms with Crippen molar-refractivity contribution in [2.75, 3.05) is 6.54 Å². The molecule has 2 N–H and O–H groups in total. The highest BCUT2D eigenvalue weighted by Crippen LogP contribution is 2.03. The fourth-order valence-electron chi connectivity index (χ4n) is 1.97. The quantitative estimate of drug-likeness (QED) is 0.655. The lowest BCUT2D eigenvalue weighted by Crippen LogP contribution is -2.37. The highest BCUT2D eigenvalue weighted by molar-refractivity contribution is 5.79. The number of aryl methyl sites for hydroxylation is 1. The lowest BCUT2D eigenvalue weighted by Gasteiger charge is -2.12. The Balaban J connectivity index is 1.97. The molecule has 0 atom stereocenters. The van der Waals surface area contributed by atoms with E-state index in [9.17, 15) is 0 Å². The molecule has 21 heavy (non-hydrogen) atoms. The number of nitrogens with one attached hydrogen (secondary N) is 2. The molecule has 1 aromatic heterocycles. The van der Waals surface area contributed by atoms with Crippen LogP contribution in [0.4, 0.5) is 0 Å². The van der Waals surface area contributed by atoms with Crippen molar-refractivity contribution in [3.63, 3.8) is 0 Å². The van der Waals surface area contributed by atoms with E-state index in [1.165, 1.54) is 11.1 Å². The van der Waals surface area contributed by atoms with Gasteiger partial charge in [-0.15, -0.1) is 0 Å². The van der Waals surface area contributed by atoms with Crippen LogP contribution in [0.25, 0.3) is 0 Å². The largest absolute Gasteiger partial charge is 0.357 e. The van der Waals surface area contributed by atoms with E-state index in [0.29, 0.717) is 13.1 Å². The third-order valence-corrected chi connectivity index (χ3v) is 3.15. The van der Waals surface area contributed by atoms with Crippen molar-refractivity contribution >= 4 is 5.96 Å². The summed E-state index contributed by atoms with van der Waals surface area (Å²) < 4.78 is 0. The standard InChI is InChI=1S/C17H22N4/c1-3-18-17(20-12-15-9-5-4-6-10-15)21-13-16-14(2)8-7-11-19-16/h4-11H,3,12-13H2,1-2H3,(H2,18,20,21). The summed E-state index contributed by atoms with van der Waals surface area (Å²) in [7, 11) is 0. The highest BCUT2D eigenvalue weighted by Gasteiger charge is 2.01. The first-order chi connectivity index (χ1) is 10.3. The zero-order chi connectivity index (χ0) is 14.9. The monoisotopic (exact) mass is 282 g/mol. The Morgan fingerprint density at radius 1 is 1.10 bits per heavy atom. The molecule has 0 saturated heterocycles. The average molecular weight is 282 g/mol. The molecular formula is C17H22N4. The van der Waals surface area contributed by atoms with Crippen LogP contribution in [0, 0.1) is 6.92 Å². The van der Waals surface area contributed by atoms with E-state index in [-0.39, 0.29) is 0 Å². The van der Waals surface area contributed by atoms with Gasteiger partial charge in [0.05, 0.1) is 18.8 Å². The fourth-order valence-corrected chi connectivity index (χ4v) is 1.97. The zero-order valence-corrected chi connectivity index (χ0v) is 12.6. The topological polar surface area (TPSA) is 49.3 Å². The zero-order valence-electron chi connectivity index (χ0n) is 12.6. The molecule has 0 aliphatic carbocycles. The van der Waals surface area contributed by atoms with Gasteiger partial charge in [-0.05, 0) is 31.0 Å². The SMILES string of the molecule is CCNC(=NCc1ccccc1)NCc1ncccc1C. The number of aromatic nitrogens is 1. The van der Waals surface area contributed by atoms with E-state index in [1.807, 2.05) is 30.5 Å². The average Bonchev–Trinajstić information content (AvgIpc) is 2.52. The van der Waals surface area contributed by atoms with Crippen LogP contribution in [0.3, 0.4) is 0 Å². The summed E-state index contributed by atoms with van der Waals surface area (Å²) >= 11 is 0. The van der Waals surface area contributed by atoms with Crippen LogP contribution in [0.5, 0.6) is 0 Å². The second kappa shape index (κ2) is 8.04. The maximum absolute atomic E-state index is 4.60. The van der Waals surface area contributed by atoms with Gasteiger partial charge in [0.1, 0.15) is 0 Å². The van der Waals surface area contributed by atoms with Crippen molar-refractivity contribution in [1.82, 2.24) is 15.6 Å². The summed E-state index contributed by atoms with van der Waals surface area (Å²) in [5.74, 6) is 0.811. The molecule has 1 aromatic carbocycles. The molecule has 0 aliphatic heterocycles. The van der Waals surface area contributed by atoms with E-state index >= 15 is 0 Å². The molecular weight excluding hydrogens is 260 g/mol. The van der Waals surface area contributed by atoms with Gasteiger partial charge in [0.2, 0.25) is 0 Å². The van der Waals surface area contributed by atoms with Crippen LogP contribution >= 0.6 is 0 Å². The summed E-state index contributed by atoms with van der Waals surface area (Å²) in [5.41, 5.74) is 3.43. The van der Waals surface area contributed by atoms with Gasteiger partial charge in [0.25, 0.3) is 0 Å². The third-order valence-electron chi connectivity index (χ3n) is 3.15. The molecule has 0 bridgehead atoms. The first kappa shape index (κ1) is 15.0. The highest BCUT2D eigenvalue weighted by atomic mass is 15.2. The fraction of sp³-hybridized carbons (Fsp3) is 0.294. The van der Waals surface area contributed by atoms with Gasteiger partial charge >= 0.3 is 0 Å². The van der Waals surface area contributed by atoms with Crippen molar-refractivity contribution < 1.29 is 0 Å². The molecule has 4 heteroatoms. The second-order valence-electron chi connectivity index (χ2n) is 4.80. The molecule has 0 aliphatic rings. The maximum Gasteiger partial charge on any atom is 0.191 e. The lowest BCUT2D eigenvalue weighted by atomic mass is 10.2. The molecule has 110 valence electrons. The minimum Gasteiger partial charge on any atom is -0.357 e. The Kier molecular flexibility index (Phi) is 5.76. The molecule has 2 rings (SSSR count). The van der Waals surface area contributed by atoms with Crippen LogP contribution in [0.2, 0.25) is 0 Å². The summed E-state index contributed by atoms with van der Waals surface area (Å²) in [6.07, 6.45) is 1.82. The van der Waals surface area contributed by atoms with Crippen LogP contribution in [-0.4, -0.2) is 17.5 Å². The number of hydrogen-bond donors (Lipinski definition) is 2. The van der Waals surface area contributed by atoms with Crippen LogP contribution in [0.15, 0.2) is 53.7 Å². The molecule has 4 nitrogen and oxygen atoms in total. The second-order valence-corrected chi connectivity index (χ2v) is 4.80. The maximum atomic E-state index is 4.60. The number of rotatable bonds is 5. The Hall–Kier alpha value is -2.36. The van der Waals surface area contributed by atoms with E-state index < -0.39 is 0 Å².